The number of hydrogen-bond acceptors (Lipinski definition) is 4. The number of carbonyl (C=O) groups excluding carboxylic acids is 1. The van der Waals surface area contributed by atoms with Crippen LogP contribution >= 0.6 is 0 Å². The highest BCUT2D eigenvalue weighted by atomic mass is 16.6. The third kappa shape index (κ3) is 9.69. The maximum Gasteiger partial charge on any atom is 0.332 e. The molecule has 0 spiro atoms. The fourth-order valence-corrected chi connectivity index (χ4v) is 0.914. The Morgan fingerprint density at radius 3 is 2.67 bits per heavy atom. The average molecular weight is 218 g/mol. The molecule has 90 valence electrons. The number of carbonyl (C=O) groups is 1. The van der Waals surface area contributed by atoms with E-state index in [0.29, 0.717) is 19.8 Å². The molecule has 0 saturated heterocycles. The van der Waals surface area contributed by atoms with Gasteiger partial charge in [-0.05, 0) is 20.3 Å². The molecule has 0 aromatic carbocycles. The summed E-state index contributed by atoms with van der Waals surface area (Å²) in [5.74, 6) is -0.299. The molecular weight excluding hydrogens is 196 g/mol. The molecule has 4 nitrogen and oxygen atoms in total. The average Bonchev–Trinajstić information content (AvgIpc) is 2.24. The largest absolute Gasteiger partial charge is 0.464 e. The van der Waals surface area contributed by atoms with Gasteiger partial charge in [0.1, 0.15) is 6.61 Å². The Labute approximate surface area is 91.9 Å². The highest BCUT2D eigenvalue weighted by Crippen LogP contribution is 1.94. The number of unbranched alkanes of at least 4 members (excludes halogenated alkanes) is 1. The van der Waals surface area contributed by atoms with E-state index >= 15 is 0 Å². The molecule has 0 aliphatic carbocycles. The molecule has 15 heavy (non-hydrogen) atoms. The third-order valence-electron chi connectivity index (χ3n) is 1.80. The van der Waals surface area contributed by atoms with Crippen molar-refractivity contribution in [3.63, 3.8) is 0 Å². The molecule has 1 unspecified atom stereocenters. The fourth-order valence-electron chi connectivity index (χ4n) is 0.914. The van der Waals surface area contributed by atoms with E-state index in [1.54, 1.807) is 0 Å². The minimum absolute atomic E-state index is 0.0119. The molecule has 0 fully saturated rings. The quantitative estimate of drug-likeness (QED) is 0.437. The second-order valence-corrected chi connectivity index (χ2v) is 3.36. The lowest BCUT2D eigenvalue weighted by atomic mass is 10.4. The van der Waals surface area contributed by atoms with Gasteiger partial charge in [0.15, 0.2) is 0 Å². The zero-order valence-corrected chi connectivity index (χ0v) is 9.95. The van der Waals surface area contributed by atoms with E-state index in [1.807, 2.05) is 13.8 Å². The number of esters is 1. The fraction of sp³-hybridized carbons (Fsp3) is 0.909. The van der Waals surface area contributed by atoms with Crippen LogP contribution in [0.4, 0.5) is 0 Å². The van der Waals surface area contributed by atoms with E-state index < -0.39 is 0 Å². The van der Waals surface area contributed by atoms with Gasteiger partial charge in [-0.1, -0.05) is 13.3 Å². The summed E-state index contributed by atoms with van der Waals surface area (Å²) in [4.78, 5) is 11.1. The first-order valence-electron chi connectivity index (χ1n) is 5.55. The van der Waals surface area contributed by atoms with Gasteiger partial charge in [0, 0.05) is 6.61 Å². The summed E-state index contributed by atoms with van der Waals surface area (Å²) in [6, 6.07) is 0. The topological polar surface area (TPSA) is 44.8 Å². The van der Waals surface area contributed by atoms with Crippen molar-refractivity contribution in [3.05, 3.63) is 0 Å². The summed E-state index contributed by atoms with van der Waals surface area (Å²) in [5.41, 5.74) is 0. The summed E-state index contributed by atoms with van der Waals surface area (Å²) >= 11 is 0. The van der Waals surface area contributed by atoms with Gasteiger partial charge in [0.05, 0.1) is 19.3 Å². The summed E-state index contributed by atoms with van der Waals surface area (Å²) < 4.78 is 15.3. The molecule has 0 N–H and O–H groups in total. The highest BCUT2D eigenvalue weighted by Gasteiger charge is 2.07. The van der Waals surface area contributed by atoms with Crippen molar-refractivity contribution < 1.29 is 19.0 Å². The van der Waals surface area contributed by atoms with Crippen molar-refractivity contribution in [2.24, 2.45) is 0 Å². The zero-order chi connectivity index (χ0) is 11.5. The smallest absolute Gasteiger partial charge is 0.332 e. The first kappa shape index (κ1) is 14.4. The minimum atomic E-state index is -0.299. The molecule has 0 bridgehead atoms. The molecule has 1 atom stereocenters. The van der Waals surface area contributed by atoms with E-state index in [1.165, 1.54) is 0 Å². The second kappa shape index (κ2) is 9.93. The first-order valence-corrected chi connectivity index (χ1v) is 5.55. The van der Waals surface area contributed by atoms with Gasteiger partial charge >= 0.3 is 5.97 Å². The van der Waals surface area contributed by atoms with Crippen molar-refractivity contribution in [3.8, 4) is 0 Å². The van der Waals surface area contributed by atoms with Crippen LogP contribution in [0.2, 0.25) is 0 Å². The second-order valence-electron chi connectivity index (χ2n) is 3.36. The predicted octanol–water partition coefficient (Wildman–Crippen LogP) is 1.77. The zero-order valence-electron chi connectivity index (χ0n) is 9.95. The molecule has 0 aliphatic heterocycles. The monoisotopic (exact) mass is 218 g/mol. The third-order valence-corrected chi connectivity index (χ3v) is 1.80. The van der Waals surface area contributed by atoms with Crippen molar-refractivity contribution in [1.82, 2.24) is 0 Å². The van der Waals surface area contributed by atoms with Gasteiger partial charge in [-0.3, -0.25) is 0 Å². The predicted molar refractivity (Wildman–Crippen MR) is 57.8 cm³/mol. The van der Waals surface area contributed by atoms with E-state index in [4.69, 9.17) is 14.2 Å². The van der Waals surface area contributed by atoms with Gasteiger partial charge < -0.3 is 14.2 Å². The molecule has 0 rings (SSSR count). The van der Waals surface area contributed by atoms with Crippen LogP contribution in [0.25, 0.3) is 0 Å². The number of hydrogen-bond donors (Lipinski definition) is 0. The van der Waals surface area contributed by atoms with E-state index in [-0.39, 0.29) is 18.7 Å². The normalized spacial score (nSPS) is 12.5. The van der Waals surface area contributed by atoms with Crippen LogP contribution in [0, 0.1) is 0 Å². The van der Waals surface area contributed by atoms with Crippen molar-refractivity contribution >= 4 is 5.97 Å². The summed E-state index contributed by atoms with van der Waals surface area (Å²) in [7, 11) is 0. The van der Waals surface area contributed by atoms with Crippen LogP contribution in [0.3, 0.4) is 0 Å². The Morgan fingerprint density at radius 2 is 2.07 bits per heavy atom. The van der Waals surface area contributed by atoms with Gasteiger partial charge in [-0.2, -0.15) is 0 Å². The summed E-state index contributed by atoms with van der Waals surface area (Å²) in [6.45, 7) is 7.51. The van der Waals surface area contributed by atoms with Crippen LogP contribution in [0.5, 0.6) is 0 Å². The molecule has 0 aliphatic rings. The lowest BCUT2D eigenvalue weighted by Crippen LogP contribution is -2.22. The first-order chi connectivity index (χ1) is 7.20. The van der Waals surface area contributed by atoms with Crippen LogP contribution in [-0.2, 0) is 19.0 Å². The Kier molecular flexibility index (Phi) is 9.52. The van der Waals surface area contributed by atoms with E-state index in [9.17, 15) is 4.79 Å². The number of rotatable bonds is 9. The molecule has 4 heteroatoms. The van der Waals surface area contributed by atoms with Crippen LogP contribution in [-0.4, -0.2) is 38.5 Å². The molecule has 0 amide bonds. The summed E-state index contributed by atoms with van der Waals surface area (Å²) in [6.07, 6.45) is 1.86. The molecule has 0 radical (unpaired) electrons. The maximum absolute atomic E-state index is 11.1. The lowest BCUT2D eigenvalue weighted by molar-refractivity contribution is -0.151. The minimum Gasteiger partial charge on any atom is -0.464 e. The van der Waals surface area contributed by atoms with Crippen LogP contribution in [0.15, 0.2) is 0 Å². The molecule has 0 saturated carbocycles. The van der Waals surface area contributed by atoms with Crippen LogP contribution in [0.1, 0.15) is 33.6 Å². The maximum atomic E-state index is 11.1. The Balaban J connectivity index is 3.36. The Morgan fingerprint density at radius 1 is 1.33 bits per heavy atom. The van der Waals surface area contributed by atoms with Crippen LogP contribution < -0.4 is 0 Å². The summed E-state index contributed by atoms with van der Waals surface area (Å²) in [5, 5.41) is 0. The van der Waals surface area contributed by atoms with E-state index in [2.05, 4.69) is 6.92 Å². The molecule has 0 heterocycles. The van der Waals surface area contributed by atoms with Crippen molar-refractivity contribution in [2.45, 2.75) is 39.7 Å². The standard InChI is InChI=1S/C11H22O4/c1-4-6-7-14-11(12)9-15-10(3)8-13-5-2/h10H,4-9H2,1-3H3. The van der Waals surface area contributed by atoms with Crippen molar-refractivity contribution in [1.29, 1.82) is 0 Å². The highest BCUT2D eigenvalue weighted by molar-refractivity contribution is 5.70. The SMILES string of the molecule is CCCCOC(=O)COC(C)COCC. The molecule has 0 aromatic heterocycles. The van der Waals surface area contributed by atoms with Crippen molar-refractivity contribution in [2.75, 3.05) is 26.4 Å². The molecular formula is C11H22O4. The van der Waals surface area contributed by atoms with Gasteiger partial charge in [-0.25, -0.2) is 4.79 Å². The van der Waals surface area contributed by atoms with E-state index in [0.717, 1.165) is 12.8 Å². The number of ether oxygens (including phenoxy) is 3. The Bertz CT molecular complexity index is 159. The van der Waals surface area contributed by atoms with Gasteiger partial charge in [0.2, 0.25) is 0 Å². The van der Waals surface area contributed by atoms with Gasteiger partial charge in [-0.15, -0.1) is 0 Å². The molecule has 0 aromatic rings. The Hall–Kier alpha value is -0.610. The lowest BCUT2D eigenvalue weighted by Gasteiger charge is -2.12. The van der Waals surface area contributed by atoms with Gasteiger partial charge in [0.25, 0.3) is 0 Å².